The van der Waals surface area contributed by atoms with Crippen LogP contribution in [-0.4, -0.2) is 25.7 Å². The number of esters is 1. The molecule has 0 bridgehead atoms. The summed E-state index contributed by atoms with van der Waals surface area (Å²) in [7, 11) is 2.97. The van der Waals surface area contributed by atoms with E-state index in [-0.39, 0.29) is 0 Å². The van der Waals surface area contributed by atoms with Crippen LogP contribution in [0.25, 0.3) is 5.57 Å². The lowest BCUT2D eigenvalue weighted by Crippen LogP contribution is -2.47. The lowest BCUT2D eigenvalue weighted by Gasteiger charge is -2.25. The number of ether oxygens (including phenoxy) is 2. The number of carbonyl (C=O) groups is 1. The lowest BCUT2D eigenvalue weighted by molar-refractivity contribution is -0.145. The number of allylic oxidation sites excluding steroid dienone is 2. The van der Waals surface area contributed by atoms with Crippen LogP contribution in [0.5, 0.6) is 5.75 Å². The van der Waals surface area contributed by atoms with E-state index in [2.05, 4.69) is 0 Å². The fraction of sp³-hybridized carbons (Fsp3) is 0.267. The van der Waals surface area contributed by atoms with Crippen molar-refractivity contribution in [2.24, 2.45) is 5.73 Å². The van der Waals surface area contributed by atoms with E-state index in [0.717, 1.165) is 16.9 Å². The van der Waals surface area contributed by atoms with Crippen molar-refractivity contribution in [3.05, 3.63) is 48.1 Å². The molecule has 0 aliphatic heterocycles. The van der Waals surface area contributed by atoms with Gasteiger partial charge in [0.15, 0.2) is 0 Å². The van der Waals surface area contributed by atoms with Gasteiger partial charge in [0.25, 0.3) is 0 Å². The Balaban J connectivity index is 2.27. The summed E-state index contributed by atoms with van der Waals surface area (Å²) in [6.45, 7) is 0. The maximum atomic E-state index is 11.6. The van der Waals surface area contributed by atoms with E-state index in [1.165, 1.54) is 7.11 Å². The summed E-state index contributed by atoms with van der Waals surface area (Å²) in [6, 6.07) is 7.72. The van der Waals surface area contributed by atoms with Gasteiger partial charge in [-0.1, -0.05) is 36.4 Å². The summed E-state index contributed by atoms with van der Waals surface area (Å²) in [6.07, 6.45) is 5.84. The Morgan fingerprint density at radius 1 is 1.32 bits per heavy atom. The maximum Gasteiger partial charge on any atom is 0.330 e. The number of rotatable bonds is 3. The standard InChI is InChI=1S/C15H17NO3/c1-18-13-6-4-3-5-12(13)11-7-9-15(16,10-8-11)14(17)19-2/h3-9H,10,16H2,1-2H3. The quantitative estimate of drug-likeness (QED) is 0.842. The van der Waals surface area contributed by atoms with Gasteiger partial charge < -0.3 is 15.2 Å². The number of benzene rings is 1. The molecule has 4 heteroatoms. The molecule has 19 heavy (non-hydrogen) atoms. The Bertz CT molecular complexity index is 548. The van der Waals surface area contributed by atoms with Gasteiger partial charge in [0.1, 0.15) is 11.3 Å². The summed E-state index contributed by atoms with van der Waals surface area (Å²) in [5.74, 6) is 0.361. The molecule has 2 rings (SSSR count). The highest BCUT2D eigenvalue weighted by Gasteiger charge is 2.33. The molecule has 0 saturated heterocycles. The number of nitrogens with two attached hydrogens (primary N) is 1. The van der Waals surface area contributed by atoms with Crippen molar-refractivity contribution in [3.8, 4) is 5.75 Å². The van der Waals surface area contributed by atoms with Gasteiger partial charge in [-0.25, -0.2) is 4.79 Å². The Labute approximate surface area is 112 Å². The van der Waals surface area contributed by atoms with Crippen molar-refractivity contribution in [3.63, 3.8) is 0 Å². The van der Waals surface area contributed by atoms with Crippen molar-refractivity contribution < 1.29 is 14.3 Å². The van der Waals surface area contributed by atoms with Crippen molar-refractivity contribution in [1.82, 2.24) is 0 Å². The first-order valence-corrected chi connectivity index (χ1v) is 6.01. The number of carbonyl (C=O) groups excluding carboxylic acids is 1. The zero-order valence-electron chi connectivity index (χ0n) is 11.1. The summed E-state index contributed by atoms with van der Waals surface area (Å²) < 4.78 is 10.0. The molecule has 1 aliphatic carbocycles. The van der Waals surface area contributed by atoms with Gasteiger partial charge >= 0.3 is 5.97 Å². The van der Waals surface area contributed by atoms with Crippen LogP contribution in [0, 0.1) is 0 Å². The molecule has 1 aliphatic rings. The van der Waals surface area contributed by atoms with E-state index in [9.17, 15) is 4.79 Å². The Morgan fingerprint density at radius 2 is 2.05 bits per heavy atom. The van der Waals surface area contributed by atoms with Crippen molar-refractivity contribution in [1.29, 1.82) is 0 Å². The van der Waals surface area contributed by atoms with Crippen LogP contribution in [0.1, 0.15) is 12.0 Å². The zero-order chi connectivity index (χ0) is 13.9. The normalized spacial score (nSPS) is 21.7. The summed E-state index contributed by atoms with van der Waals surface area (Å²) >= 11 is 0. The molecule has 0 aromatic heterocycles. The molecule has 1 unspecified atom stereocenters. The van der Waals surface area contributed by atoms with Crippen LogP contribution in [-0.2, 0) is 9.53 Å². The van der Waals surface area contributed by atoms with Crippen LogP contribution < -0.4 is 10.5 Å². The smallest absolute Gasteiger partial charge is 0.330 e. The molecule has 0 radical (unpaired) electrons. The molecular weight excluding hydrogens is 242 g/mol. The molecule has 0 fully saturated rings. The second-order valence-electron chi connectivity index (χ2n) is 4.43. The van der Waals surface area contributed by atoms with Crippen LogP contribution in [0.2, 0.25) is 0 Å². The first-order chi connectivity index (χ1) is 9.10. The highest BCUT2D eigenvalue weighted by molar-refractivity contribution is 5.88. The van der Waals surface area contributed by atoms with Gasteiger partial charge in [0.2, 0.25) is 0 Å². The molecule has 1 atom stereocenters. The van der Waals surface area contributed by atoms with Crippen LogP contribution in [0.3, 0.4) is 0 Å². The van der Waals surface area contributed by atoms with Crippen LogP contribution in [0.15, 0.2) is 42.5 Å². The van der Waals surface area contributed by atoms with E-state index in [1.807, 2.05) is 36.4 Å². The highest BCUT2D eigenvalue weighted by Crippen LogP contribution is 2.31. The fourth-order valence-electron chi connectivity index (χ4n) is 2.08. The molecule has 100 valence electrons. The van der Waals surface area contributed by atoms with Gasteiger partial charge in [-0.05, 0) is 18.1 Å². The second-order valence-corrected chi connectivity index (χ2v) is 4.43. The number of para-hydroxylation sites is 1. The van der Waals surface area contributed by atoms with E-state index < -0.39 is 11.5 Å². The third kappa shape index (κ3) is 2.53. The van der Waals surface area contributed by atoms with Gasteiger partial charge in [-0.2, -0.15) is 0 Å². The average molecular weight is 259 g/mol. The molecule has 0 amide bonds. The summed E-state index contributed by atoms with van der Waals surface area (Å²) in [4.78, 5) is 11.6. The molecule has 2 N–H and O–H groups in total. The fourth-order valence-corrected chi connectivity index (χ4v) is 2.08. The van der Waals surface area contributed by atoms with E-state index >= 15 is 0 Å². The zero-order valence-corrected chi connectivity index (χ0v) is 11.1. The molecular formula is C15H17NO3. The van der Waals surface area contributed by atoms with E-state index in [1.54, 1.807) is 13.2 Å². The van der Waals surface area contributed by atoms with E-state index in [0.29, 0.717) is 6.42 Å². The molecule has 0 heterocycles. The largest absolute Gasteiger partial charge is 0.496 e. The van der Waals surface area contributed by atoms with Crippen LogP contribution >= 0.6 is 0 Å². The lowest BCUT2D eigenvalue weighted by atomic mass is 9.87. The van der Waals surface area contributed by atoms with Gasteiger partial charge in [0.05, 0.1) is 14.2 Å². The Morgan fingerprint density at radius 3 is 2.63 bits per heavy atom. The number of hydrogen-bond donors (Lipinski definition) is 1. The Hall–Kier alpha value is -2.07. The van der Waals surface area contributed by atoms with E-state index in [4.69, 9.17) is 15.2 Å². The minimum Gasteiger partial charge on any atom is -0.496 e. The third-order valence-corrected chi connectivity index (χ3v) is 3.20. The molecule has 0 spiro atoms. The SMILES string of the molecule is COC(=O)C1(N)C=CC(c2ccccc2OC)=CC1. The van der Waals surface area contributed by atoms with Crippen LogP contribution in [0.4, 0.5) is 0 Å². The van der Waals surface area contributed by atoms with Gasteiger partial charge in [-0.15, -0.1) is 0 Å². The molecule has 1 aromatic rings. The summed E-state index contributed by atoms with van der Waals surface area (Å²) in [5, 5.41) is 0. The number of methoxy groups -OCH3 is 2. The Kier molecular flexibility index (Phi) is 3.71. The predicted molar refractivity (Wildman–Crippen MR) is 73.7 cm³/mol. The first kappa shape index (κ1) is 13.4. The third-order valence-electron chi connectivity index (χ3n) is 3.20. The van der Waals surface area contributed by atoms with Gasteiger partial charge in [0, 0.05) is 5.56 Å². The summed E-state index contributed by atoms with van der Waals surface area (Å²) in [5.41, 5.74) is 6.89. The second kappa shape index (κ2) is 5.28. The van der Waals surface area contributed by atoms with Crippen molar-refractivity contribution in [2.75, 3.05) is 14.2 Å². The minimum absolute atomic E-state index is 0.406. The first-order valence-electron chi connectivity index (χ1n) is 6.01. The monoisotopic (exact) mass is 259 g/mol. The van der Waals surface area contributed by atoms with Crippen molar-refractivity contribution >= 4 is 11.5 Å². The van der Waals surface area contributed by atoms with Crippen molar-refractivity contribution in [2.45, 2.75) is 12.0 Å². The molecule has 4 nitrogen and oxygen atoms in total. The number of hydrogen-bond acceptors (Lipinski definition) is 4. The van der Waals surface area contributed by atoms with Gasteiger partial charge in [-0.3, -0.25) is 0 Å². The highest BCUT2D eigenvalue weighted by atomic mass is 16.5. The molecule has 1 aromatic carbocycles. The average Bonchev–Trinajstić information content (AvgIpc) is 2.47. The maximum absolute atomic E-state index is 11.6. The molecule has 0 saturated carbocycles. The predicted octanol–water partition coefficient (Wildman–Crippen LogP) is 1.91. The topological polar surface area (TPSA) is 61.5 Å². The minimum atomic E-state index is -1.07.